The van der Waals surface area contributed by atoms with Crippen LogP contribution in [0, 0.1) is 0 Å². The van der Waals surface area contributed by atoms with Gasteiger partial charge in [0.2, 0.25) is 10.1 Å². The van der Waals surface area contributed by atoms with Crippen LogP contribution in [0.2, 0.25) is 0 Å². The molecule has 3 heterocycles. The van der Waals surface area contributed by atoms with E-state index in [1.807, 2.05) is 7.05 Å². The number of nitrogens with zero attached hydrogens (tertiary/aromatic N) is 5. The second kappa shape index (κ2) is 7.75. The first-order valence-electron chi connectivity index (χ1n) is 9.27. The molecule has 0 unspecified atom stereocenters. The molecule has 0 radical (unpaired) electrons. The molecule has 4 rings (SSSR count). The van der Waals surface area contributed by atoms with Crippen LogP contribution in [0.3, 0.4) is 0 Å². The van der Waals surface area contributed by atoms with Crippen molar-refractivity contribution in [2.24, 2.45) is 0 Å². The number of halogens is 3. The average molecular weight is 423 g/mol. The highest BCUT2D eigenvalue weighted by Gasteiger charge is 2.31. The number of piperidine rings is 1. The van der Waals surface area contributed by atoms with Crippen molar-refractivity contribution in [3.63, 3.8) is 0 Å². The number of aromatic nitrogens is 3. The molecule has 0 aliphatic carbocycles. The van der Waals surface area contributed by atoms with Gasteiger partial charge in [0.25, 0.3) is 5.56 Å². The van der Waals surface area contributed by atoms with Crippen molar-refractivity contribution < 1.29 is 13.2 Å². The van der Waals surface area contributed by atoms with E-state index >= 15 is 0 Å². The van der Waals surface area contributed by atoms with Crippen LogP contribution in [-0.2, 0) is 12.7 Å². The summed E-state index contributed by atoms with van der Waals surface area (Å²) in [6.45, 7) is 2.01. The van der Waals surface area contributed by atoms with Gasteiger partial charge in [-0.2, -0.15) is 17.7 Å². The highest BCUT2D eigenvalue weighted by atomic mass is 32.1. The smallest absolute Gasteiger partial charge is 0.347 e. The second-order valence-corrected chi connectivity index (χ2v) is 8.13. The zero-order valence-electron chi connectivity index (χ0n) is 15.8. The van der Waals surface area contributed by atoms with Gasteiger partial charge in [0.05, 0.1) is 5.56 Å². The summed E-state index contributed by atoms with van der Waals surface area (Å²) in [4.78, 5) is 20.8. The summed E-state index contributed by atoms with van der Waals surface area (Å²) in [7, 11) is 1.95. The maximum Gasteiger partial charge on any atom is 0.416 e. The average Bonchev–Trinajstić information content (AvgIpc) is 3.13. The predicted molar refractivity (Wildman–Crippen MR) is 105 cm³/mol. The highest BCUT2D eigenvalue weighted by molar-refractivity contribution is 7.20. The van der Waals surface area contributed by atoms with Gasteiger partial charge in [0, 0.05) is 37.9 Å². The Bertz CT molecular complexity index is 1060. The standard InChI is InChI=1S/C19H20F3N5OS/c1-25(12-13-3-2-4-14(11-13)19(20,21)22)15-6-9-26(10-7-15)18-24-27-16(28)5-8-23-17(27)29-18/h2-5,8,11,15H,6-7,9-10,12H2,1H3. The van der Waals surface area contributed by atoms with E-state index in [1.165, 1.54) is 40.2 Å². The third-order valence-corrected chi connectivity index (χ3v) is 6.19. The normalized spacial score (nSPS) is 16.1. The minimum Gasteiger partial charge on any atom is -0.347 e. The van der Waals surface area contributed by atoms with Gasteiger partial charge in [-0.25, -0.2) is 4.98 Å². The lowest BCUT2D eigenvalue weighted by atomic mass is 10.0. The van der Waals surface area contributed by atoms with E-state index in [0.29, 0.717) is 17.1 Å². The number of anilines is 1. The van der Waals surface area contributed by atoms with Crippen molar-refractivity contribution in [2.45, 2.75) is 31.6 Å². The van der Waals surface area contributed by atoms with Crippen LogP contribution in [-0.4, -0.2) is 45.7 Å². The fourth-order valence-electron chi connectivity index (χ4n) is 3.62. The van der Waals surface area contributed by atoms with Gasteiger partial charge in [0.1, 0.15) is 0 Å². The van der Waals surface area contributed by atoms with Gasteiger partial charge >= 0.3 is 6.18 Å². The molecule has 1 aliphatic heterocycles. The fraction of sp³-hybridized carbons (Fsp3) is 0.421. The lowest BCUT2D eigenvalue weighted by Gasteiger charge is -2.36. The first-order chi connectivity index (χ1) is 13.8. The van der Waals surface area contributed by atoms with Gasteiger partial charge in [-0.3, -0.25) is 9.69 Å². The quantitative estimate of drug-likeness (QED) is 0.645. The summed E-state index contributed by atoms with van der Waals surface area (Å²) < 4.78 is 40.1. The van der Waals surface area contributed by atoms with Crippen LogP contribution in [0.5, 0.6) is 0 Å². The summed E-state index contributed by atoms with van der Waals surface area (Å²) in [5.41, 5.74) is -0.160. The topological polar surface area (TPSA) is 53.7 Å². The Hall–Kier alpha value is -2.46. The Labute approximate surface area is 169 Å². The van der Waals surface area contributed by atoms with Crippen LogP contribution in [0.25, 0.3) is 4.96 Å². The number of rotatable bonds is 4. The van der Waals surface area contributed by atoms with Gasteiger partial charge in [-0.05, 0) is 31.5 Å². The van der Waals surface area contributed by atoms with Crippen LogP contribution in [0.4, 0.5) is 18.3 Å². The van der Waals surface area contributed by atoms with E-state index < -0.39 is 11.7 Å². The zero-order chi connectivity index (χ0) is 20.6. The molecule has 0 atom stereocenters. The molecule has 10 heteroatoms. The van der Waals surface area contributed by atoms with Crippen LogP contribution in [0.15, 0.2) is 41.3 Å². The summed E-state index contributed by atoms with van der Waals surface area (Å²) >= 11 is 1.38. The molecule has 0 bridgehead atoms. The summed E-state index contributed by atoms with van der Waals surface area (Å²) in [5.74, 6) is 0. The summed E-state index contributed by atoms with van der Waals surface area (Å²) in [6.07, 6.45) is -1.11. The van der Waals surface area contributed by atoms with Gasteiger partial charge in [-0.15, -0.1) is 5.10 Å². The van der Waals surface area contributed by atoms with Crippen molar-refractivity contribution in [1.29, 1.82) is 0 Å². The number of hydrogen-bond acceptors (Lipinski definition) is 6. The Morgan fingerprint density at radius 1 is 1.24 bits per heavy atom. The fourth-order valence-corrected chi connectivity index (χ4v) is 4.55. The van der Waals surface area contributed by atoms with Crippen LogP contribution in [0.1, 0.15) is 24.0 Å². The molecule has 0 saturated carbocycles. The molecule has 0 amide bonds. The Kier molecular flexibility index (Phi) is 5.30. The van der Waals surface area contributed by atoms with E-state index in [1.54, 1.807) is 6.07 Å². The van der Waals surface area contributed by atoms with E-state index in [9.17, 15) is 18.0 Å². The lowest BCUT2D eigenvalue weighted by Crippen LogP contribution is -2.43. The van der Waals surface area contributed by atoms with Gasteiger partial charge < -0.3 is 4.90 Å². The molecule has 1 saturated heterocycles. The third-order valence-electron chi connectivity index (χ3n) is 5.20. The monoisotopic (exact) mass is 423 g/mol. The van der Waals surface area contributed by atoms with Gasteiger partial charge in [0.15, 0.2) is 0 Å². The minimum atomic E-state index is -4.33. The number of hydrogen-bond donors (Lipinski definition) is 0. The SMILES string of the molecule is CN(Cc1cccc(C(F)(F)F)c1)C1CCN(c2nn3c(=O)ccnc3s2)CC1. The van der Waals surface area contributed by atoms with Crippen molar-refractivity contribution in [2.75, 3.05) is 25.0 Å². The van der Waals surface area contributed by atoms with Crippen LogP contribution >= 0.6 is 11.3 Å². The summed E-state index contributed by atoms with van der Waals surface area (Å²) in [6, 6.07) is 7.16. The number of alkyl halides is 3. The minimum absolute atomic E-state index is 0.201. The molecule has 2 aromatic heterocycles. The first kappa shape index (κ1) is 19.8. The maximum atomic E-state index is 12.9. The molecule has 6 nitrogen and oxygen atoms in total. The van der Waals surface area contributed by atoms with Crippen molar-refractivity contribution in [3.8, 4) is 0 Å². The Balaban J connectivity index is 1.39. The summed E-state index contributed by atoms with van der Waals surface area (Å²) in [5, 5.41) is 5.14. The molecular formula is C19H20F3N5OS. The zero-order valence-corrected chi connectivity index (χ0v) is 16.6. The Morgan fingerprint density at radius 2 is 2.00 bits per heavy atom. The molecule has 3 aromatic rings. The van der Waals surface area contributed by atoms with Gasteiger partial charge in [-0.1, -0.05) is 29.5 Å². The largest absolute Gasteiger partial charge is 0.416 e. The van der Waals surface area contributed by atoms with E-state index in [0.717, 1.165) is 37.1 Å². The van der Waals surface area contributed by atoms with Crippen molar-refractivity contribution >= 4 is 21.4 Å². The van der Waals surface area contributed by atoms with Crippen LogP contribution < -0.4 is 10.5 Å². The Morgan fingerprint density at radius 3 is 2.69 bits per heavy atom. The molecule has 1 aromatic carbocycles. The predicted octanol–water partition coefficient (Wildman–Crippen LogP) is 3.27. The number of fused-ring (bicyclic) bond motifs is 1. The first-order valence-corrected chi connectivity index (χ1v) is 10.1. The van der Waals surface area contributed by atoms with Crippen molar-refractivity contribution in [1.82, 2.24) is 19.5 Å². The molecule has 0 N–H and O–H groups in total. The molecule has 29 heavy (non-hydrogen) atoms. The molecular weight excluding hydrogens is 403 g/mol. The van der Waals surface area contributed by atoms with Crippen molar-refractivity contribution in [3.05, 3.63) is 58.0 Å². The molecule has 154 valence electrons. The second-order valence-electron chi connectivity index (χ2n) is 7.19. The lowest BCUT2D eigenvalue weighted by molar-refractivity contribution is -0.137. The van der Waals surface area contributed by atoms with E-state index in [2.05, 4.69) is 19.9 Å². The highest BCUT2D eigenvalue weighted by Crippen LogP contribution is 2.30. The molecule has 1 fully saturated rings. The van der Waals surface area contributed by atoms with E-state index in [-0.39, 0.29) is 11.6 Å². The third kappa shape index (κ3) is 4.27. The maximum absolute atomic E-state index is 12.9. The molecule has 0 spiro atoms. The van der Waals surface area contributed by atoms with E-state index in [4.69, 9.17) is 0 Å². The number of benzene rings is 1. The molecule has 1 aliphatic rings.